The topological polar surface area (TPSA) is 86.7 Å². The van der Waals surface area contributed by atoms with E-state index in [4.69, 9.17) is 24.0 Å². The first-order valence-electron chi connectivity index (χ1n) is 15.0. The summed E-state index contributed by atoms with van der Waals surface area (Å²) in [7, 11) is 0. The number of anilines is 2. The highest BCUT2D eigenvalue weighted by Gasteiger charge is 2.58. The molecular weight excluding hydrogens is 568 g/mol. The summed E-state index contributed by atoms with van der Waals surface area (Å²) in [6, 6.07) is 22.4. The van der Waals surface area contributed by atoms with E-state index in [2.05, 4.69) is 55.1 Å². The van der Waals surface area contributed by atoms with Gasteiger partial charge in [0.2, 0.25) is 0 Å². The molecule has 3 unspecified atom stereocenters. The monoisotopic (exact) mass is 602 g/mol. The highest BCUT2D eigenvalue weighted by molar-refractivity contribution is 5.88. The second kappa shape index (κ2) is 12.7. The maximum atomic E-state index is 12.1. The molecule has 0 amide bonds. The zero-order chi connectivity index (χ0) is 31.4. The van der Waals surface area contributed by atoms with E-state index in [1.54, 1.807) is 61.5 Å². The Kier molecular flexibility index (Phi) is 8.38. The lowest BCUT2D eigenvalue weighted by atomic mass is 9.43. The number of hydrazone groups is 1. The van der Waals surface area contributed by atoms with Crippen molar-refractivity contribution >= 4 is 36.0 Å². The third kappa shape index (κ3) is 5.67. The molecule has 0 radical (unpaired) electrons. The van der Waals surface area contributed by atoms with Gasteiger partial charge in [-0.25, -0.2) is 14.6 Å². The summed E-state index contributed by atoms with van der Waals surface area (Å²) in [5.41, 5.74) is 5.67. The van der Waals surface area contributed by atoms with Crippen LogP contribution in [0.25, 0.3) is 6.08 Å². The summed E-state index contributed by atoms with van der Waals surface area (Å²) in [6.45, 7) is 7.97. The lowest BCUT2D eigenvalue weighted by molar-refractivity contribution is 0.103. The average Bonchev–Trinajstić information content (AvgIpc) is 3.03. The standard InChI is InChI=1S/C37H34N2O6/c1-4-25(33-20-18-27-23-37(33)32-16-8-7-11-26(32)17-19-34(27)37)24-38-39(28-12-9-14-30(21-28)44-35(40)42-5-2)29-13-10-15-31(22-29)45-36(41)43-6-3/h4,7-22,24,27,34H,1,5-6,23H2,2-3H3/b33-25+,38-24?. The number of fused-ring (bicyclic) bond motifs is 2. The smallest absolute Gasteiger partial charge is 0.434 e. The van der Waals surface area contributed by atoms with Crippen LogP contribution in [0.2, 0.25) is 0 Å². The van der Waals surface area contributed by atoms with E-state index in [-0.39, 0.29) is 30.1 Å². The Balaban J connectivity index is 1.42. The van der Waals surface area contributed by atoms with Crippen molar-refractivity contribution in [1.29, 1.82) is 0 Å². The minimum atomic E-state index is -0.799. The molecule has 228 valence electrons. The average molecular weight is 603 g/mol. The number of ether oxygens (including phenoxy) is 4. The molecule has 1 fully saturated rings. The van der Waals surface area contributed by atoms with E-state index < -0.39 is 12.3 Å². The molecule has 0 heterocycles. The fourth-order valence-corrected chi connectivity index (χ4v) is 6.52. The lowest BCUT2D eigenvalue weighted by Crippen LogP contribution is -2.54. The predicted octanol–water partition coefficient (Wildman–Crippen LogP) is 8.53. The quantitative estimate of drug-likeness (QED) is 0.105. The van der Waals surface area contributed by atoms with Crippen LogP contribution >= 0.6 is 0 Å². The Bertz CT molecular complexity index is 1690. The van der Waals surface area contributed by atoms with Gasteiger partial charge in [0.25, 0.3) is 0 Å². The van der Waals surface area contributed by atoms with Gasteiger partial charge in [-0.15, -0.1) is 0 Å². The molecule has 0 N–H and O–H groups in total. The first-order valence-corrected chi connectivity index (χ1v) is 15.0. The first kappa shape index (κ1) is 29.7. The van der Waals surface area contributed by atoms with E-state index in [1.807, 2.05) is 18.2 Å². The Morgan fingerprint density at radius 3 is 2.16 bits per heavy atom. The minimum absolute atomic E-state index is 0.147. The van der Waals surface area contributed by atoms with Gasteiger partial charge in [0.15, 0.2) is 0 Å². The van der Waals surface area contributed by atoms with Crippen LogP contribution in [0.1, 0.15) is 31.4 Å². The summed E-state index contributed by atoms with van der Waals surface area (Å²) < 4.78 is 20.6. The van der Waals surface area contributed by atoms with Crippen LogP contribution < -0.4 is 14.5 Å². The van der Waals surface area contributed by atoms with E-state index in [9.17, 15) is 9.59 Å². The van der Waals surface area contributed by atoms with Crippen LogP contribution in [0.3, 0.4) is 0 Å². The van der Waals surface area contributed by atoms with Gasteiger partial charge in [-0.3, -0.25) is 0 Å². The zero-order valence-electron chi connectivity index (χ0n) is 25.2. The molecule has 4 aliphatic carbocycles. The molecule has 7 rings (SSSR count). The SMILES string of the molecule is C=C/C(C=NN(c1cccc(OC(=O)OCC)c1)c1cccc(OC(=O)OCC)c1)=C1/C=CC2CC13c1ccccc1C=CC23. The van der Waals surface area contributed by atoms with Crippen molar-refractivity contribution in [1.82, 2.24) is 0 Å². The van der Waals surface area contributed by atoms with Crippen molar-refractivity contribution in [3.05, 3.63) is 126 Å². The molecule has 1 saturated carbocycles. The van der Waals surface area contributed by atoms with Crippen molar-refractivity contribution < 1.29 is 28.5 Å². The number of benzene rings is 3. The highest BCUT2D eigenvalue weighted by Crippen LogP contribution is 2.64. The van der Waals surface area contributed by atoms with E-state index >= 15 is 0 Å². The van der Waals surface area contributed by atoms with Gasteiger partial charge in [-0.2, -0.15) is 5.10 Å². The molecule has 45 heavy (non-hydrogen) atoms. The van der Waals surface area contributed by atoms with Crippen LogP contribution in [0, 0.1) is 11.8 Å². The van der Waals surface area contributed by atoms with Crippen molar-refractivity contribution in [2.45, 2.75) is 25.7 Å². The van der Waals surface area contributed by atoms with Gasteiger partial charge in [0.05, 0.1) is 30.8 Å². The first-order chi connectivity index (χ1) is 22.0. The van der Waals surface area contributed by atoms with Crippen molar-refractivity contribution in [3.63, 3.8) is 0 Å². The third-order valence-corrected chi connectivity index (χ3v) is 8.40. The lowest BCUT2D eigenvalue weighted by Gasteiger charge is -2.59. The second-order valence-electron chi connectivity index (χ2n) is 10.9. The predicted molar refractivity (Wildman–Crippen MR) is 174 cm³/mol. The molecule has 1 spiro atoms. The van der Waals surface area contributed by atoms with Crippen LogP contribution in [0.5, 0.6) is 11.5 Å². The molecule has 0 aliphatic heterocycles. The van der Waals surface area contributed by atoms with Crippen LogP contribution in [0.4, 0.5) is 21.0 Å². The maximum Gasteiger partial charge on any atom is 0.513 e. The highest BCUT2D eigenvalue weighted by atomic mass is 16.7. The molecule has 8 nitrogen and oxygen atoms in total. The summed E-state index contributed by atoms with van der Waals surface area (Å²) in [5.74, 6) is 1.45. The molecule has 4 aliphatic rings. The van der Waals surface area contributed by atoms with Gasteiger partial charge in [0.1, 0.15) is 11.5 Å². The summed E-state index contributed by atoms with van der Waals surface area (Å²) >= 11 is 0. The Morgan fingerprint density at radius 1 is 0.889 bits per heavy atom. The molecule has 3 atom stereocenters. The van der Waals surface area contributed by atoms with E-state index in [0.29, 0.717) is 23.2 Å². The molecule has 2 bridgehead atoms. The van der Waals surface area contributed by atoms with Crippen molar-refractivity contribution in [2.24, 2.45) is 16.9 Å². The number of allylic oxidation sites excluding steroid dienone is 6. The van der Waals surface area contributed by atoms with Gasteiger partial charge in [-0.1, -0.05) is 73.4 Å². The molecule has 0 aromatic heterocycles. The normalized spacial score (nSPS) is 21.6. The van der Waals surface area contributed by atoms with Crippen LogP contribution in [-0.2, 0) is 14.9 Å². The second-order valence-corrected chi connectivity index (χ2v) is 10.9. The summed E-state index contributed by atoms with van der Waals surface area (Å²) in [6.07, 6.45) is 12.2. The van der Waals surface area contributed by atoms with Crippen LogP contribution in [0.15, 0.2) is 120 Å². The number of carbonyl (C=O) groups excluding carboxylic acids is 2. The maximum absolute atomic E-state index is 12.1. The Labute approximate surface area is 262 Å². The number of hydrogen-bond acceptors (Lipinski definition) is 8. The van der Waals surface area contributed by atoms with Gasteiger partial charge < -0.3 is 18.9 Å². The van der Waals surface area contributed by atoms with Gasteiger partial charge in [-0.05, 0) is 78.6 Å². The number of nitrogens with zero attached hydrogens (tertiary/aromatic N) is 2. The molecule has 0 saturated heterocycles. The zero-order valence-corrected chi connectivity index (χ0v) is 25.2. The summed E-state index contributed by atoms with van der Waals surface area (Å²) in [4.78, 5) is 24.1. The minimum Gasteiger partial charge on any atom is -0.434 e. The van der Waals surface area contributed by atoms with E-state index in [0.717, 1.165) is 12.0 Å². The van der Waals surface area contributed by atoms with Crippen LogP contribution in [-0.4, -0.2) is 31.7 Å². The molecule has 3 aromatic carbocycles. The Hall–Kier alpha value is -5.37. The number of hydrogen-bond donors (Lipinski definition) is 0. The van der Waals surface area contributed by atoms with Crippen molar-refractivity contribution in [2.75, 3.05) is 18.2 Å². The Morgan fingerprint density at radius 2 is 1.53 bits per heavy atom. The van der Waals surface area contributed by atoms with Crippen molar-refractivity contribution in [3.8, 4) is 11.5 Å². The fraction of sp³-hybridized carbons (Fsp3) is 0.216. The fourth-order valence-electron chi connectivity index (χ4n) is 6.52. The summed E-state index contributed by atoms with van der Waals surface area (Å²) in [5, 5.41) is 6.63. The molecule has 3 aromatic rings. The van der Waals surface area contributed by atoms with Gasteiger partial charge >= 0.3 is 12.3 Å². The molecular formula is C37H34N2O6. The molecule has 8 heteroatoms. The van der Waals surface area contributed by atoms with Gasteiger partial charge in [0, 0.05) is 17.5 Å². The number of carbonyl (C=O) groups is 2. The third-order valence-electron chi connectivity index (χ3n) is 8.40. The van der Waals surface area contributed by atoms with E-state index in [1.165, 1.54) is 16.7 Å². The number of rotatable bonds is 9. The largest absolute Gasteiger partial charge is 0.513 e.